The molecule has 2 aromatic rings. The molecule has 0 saturated carbocycles. The summed E-state index contributed by atoms with van der Waals surface area (Å²) >= 11 is 0. The van der Waals surface area contributed by atoms with E-state index in [1.165, 1.54) is 0 Å². The number of Topliss-reactive ketones (excluding diaryl/α,β-unsaturated/α-hetero) is 1. The van der Waals surface area contributed by atoms with E-state index in [-0.39, 0.29) is 12.4 Å². The van der Waals surface area contributed by atoms with Crippen LogP contribution in [0, 0.1) is 5.92 Å². The second kappa shape index (κ2) is 9.21. The number of esters is 1. The summed E-state index contributed by atoms with van der Waals surface area (Å²) < 4.78 is 11.3. The van der Waals surface area contributed by atoms with Crippen LogP contribution in [0.1, 0.15) is 36.8 Å². The van der Waals surface area contributed by atoms with Gasteiger partial charge < -0.3 is 14.8 Å². The number of ether oxygens (including phenoxy) is 2. The van der Waals surface area contributed by atoms with Gasteiger partial charge in [0.25, 0.3) is 0 Å². The zero-order valence-electron chi connectivity index (χ0n) is 17.9. The smallest absolute Gasteiger partial charge is 0.336 e. The Hall–Kier alpha value is -3.34. The minimum Gasteiger partial charge on any atom is -0.496 e. The van der Waals surface area contributed by atoms with Gasteiger partial charge in [0.15, 0.2) is 0 Å². The summed E-state index contributed by atoms with van der Waals surface area (Å²) in [7, 11) is 1.60. The van der Waals surface area contributed by atoms with Crippen molar-refractivity contribution in [2.75, 3.05) is 13.7 Å². The van der Waals surface area contributed by atoms with Gasteiger partial charge in [-0.3, -0.25) is 4.79 Å². The van der Waals surface area contributed by atoms with Gasteiger partial charge in [0.1, 0.15) is 11.5 Å². The largest absolute Gasteiger partial charge is 0.496 e. The van der Waals surface area contributed by atoms with Crippen molar-refractivity contribution < 1.29 is 19.1 Å². The van der Waals surface area contributed by atoms with E-state index >= 15 is 0 Å². The van der Waals surface area contributed by atoms with Crippen LogP contribution < -0.4 is 10.1 Å². The van der Waals surface area contributed by atoms with Crippen LogP contribution in [0.4, 0.5) is 0 Å². The molecule has 2 atom stereocenters. The first kappa shape index (κ1) is 20.9. The van der Waals surface area contributed by atoms with Crippen LogP contribution in [-0.4, -0.2) is 25.5 Å². The van der Waals surface area contributed by atoms with Crippen LogP contribution >= 0.6 is 0 Å². The molecule has 1 aliphatic carbocycles. The molecule has 1 heterocycles. The van der Waals surface area contributed by atoms with E-state index in [9.17, 15) is 9.59 Å². The Kier molecular flexibility index (Phi) is 6.21. The molecule has 0 aromatic heterocycles. The highest BCUT2D eigenvalue weighted by Crippen LogP contribution is 2.46. The molecule has 1 N–H and O–H groups in total. The normalized spacial score (nSPS) is 20.5. The Morgan fingerprint density at radius 2 is 1.81 bits per heavy atom. The predicted molar refractivity (Wildman–Crippen MR) is 118 cm³/mol. The van der Waals surface area contributed by atoms with Crippen LogP contribution in [-0.2, 0) is 20.7 Å². The molecule has 0 spiro atoms. The van der Waals surface area contributed by atoms with Crippen LogP contribution in [0.3, 0.4) is 0 Å². The number of nitrogens with one attached hydrogen (secondary N) is 1. The van der Waals surface area contributed by atoms with Gasteiger partial charge in [-0.1, -0.05) is 54.6 Å². The summed E-state index contributed by atoms with van der Waals surface area (Å²) in [5, 5.41) is 3.30. The second-order valence-corrected chi connectivity index (χ2v) is 7.90. The number of hydrogen-bond donors (Lipinski definition) is 1. The number of carbonyl (C=O) groups is 2. The number of rotatable bonds is 6. The molecule has 2 aliphatic rings. The lowest BCUT2D eigenvalue weighted by atomic mass is 9.71. The minimum absolute atomic E-state index is 0.128. The summed E-state index contributed by atoms with van der Waals surface area (Å²) in [6.07, 6.45) is 3.88. The second-order valence-electron chi connectivity index (χ2n) is 7.90. The zero-order chi connectivity index (χ0) is 21.8. The third-order valence-electron chi connectivity index (χ3n) is 5.98. The van der Waals surface area contributed by atoms with E-state index in [2.05, 4.69) is 11.4 Å². The first-order chi connectivity index (χ1) is 15.1. The van der Waals surface area contributed by atoms with Crippen molar-refractivity contribution in [1.82, 2.24) is 5.32 Å². The quantitative estimate of drug-likeness (QED) is 0.710. The number of carbonyl (C=O) groups excluding carboxylic acids is 2. The number of methoxy groups -OCH3 is 1. The van der Waals surface area contributed by atoms with Gasteiger partial charge in [0.2, 0.25) is 0 Å². The van der Waals surface area contributed by atoms with E-state index in [1.54, 1.807) is 7.11 Å². The lowest BCUT2D eigenvalue weighted by Crippen LogP contribution is -2.41. The maximum Gasteiger partial charge on any atom is 0.336 e. The van der Waals surface area contributed by atoms with Crippen molar-refractivity contribution in [2.45, 2.75) is 32.1 Å². The lowest BCUT2D eigenvalue weighted by molar-refractivity contribution is -0.139. The number of fused-ring (bicyclic) bond motifs is 1. The highest BCUT2D eigenvalue weighted by Gasteiger charge is 2.44. The van der Waals surface area contributed by atoms with Crippen molar-refractivity contribution in [3.63, 3.8) is 0 Å². The van der Waals surface area contributed by atoms with E-state index in [0.717, 1.165) is 22.5 Å². The lowest BCUT2D eigenvalue weighted by Gasteiger charge is -2.38. The molecule has 4 rings (SSSR count). The Bertz CT molecular complexity index is 1040. The fourth-order valence-electron chi connectivity index (χ4n) is 4.53. The SMILES string of the molecule is COc1ccccc1C1C(C(=O)OCCc2ccccc2)=C(C)NC2=CCCC(=O)C21. The molecule has 0 saturated heterocycles. The van der Waals surface area contributed by atoms with Gasteiger partial charge in [-0.15, -0.1) is 0 Å². The maximum atomic E-state index is 13.3. The molecule has 2 aromatic carbocycles. The van der Waals surface area contributed by atoms with Gasteiger partial charge in [0, 0.05) is 35.7 Å². The topological polar surface area (TPSA) is 64.6 Å². The molecule has 5 heteroatoms. The first-order valence-corrected chi connectivity index (χ1v) is 10.6. The molecule has 31 heavy (non-hydrogen) atoms. The van der Waals surface area contributed by atoms with Gasteiger partial charge in [0.05, 0.1) is 25.2 Å². The van der Waals surface area contributed by atoms with Crippen molar-refractivity contribution in [3.05, 3.63) is 88.8 Å². The van der Waals surface area contributed by atoms with Crippen molar-refractivity contribution in [3.8, 4) is 5.75 Å². The monoisotopic (exact) mass is 417 g/mol. The van der Waals surface area contributed by atoms with Crippen molar-refractivity contribution in [2.24, 2.45) is 5.92 Å². The first-order valence-electron chi connectivity index (χ1n) is 10.6. The highest BCUT2D eigenvalue weighted by molar-refractivity contribution is 5.96. The van der Waals surface area contributed by atoms with Crippen LogP contribution in [0.2, 0.25) is 0 Å². The molecular formula is C26H27NO4. The van der Waals surface area contributed by atoms with Crippen LogP contribution in [0.25, 0.3) is 0 Å². The third kappa shape index (κ3) is 4.26. The fraction of sp³-hybridized carbons (Fsp3) is 0.308. The highest BCUT2D eigenvalue weighted by atomic mass is 16.5. The summed E-state index contributed by atoms with van der Waals surface area (Å²) in [4.78, 5) is 26.3. The van der Waals surface area contributed by atoms with Crippen molar-refractivity contribution >= 4 is 11.8 Å². The standard InChI is InChI=1S/C26H27NO4/c1-17-23(26(29)31-16-15-18-9-4-3-5-10-18)24(19-11-6-7-14-22(19)30-2)25-20(27-17)12-8-13-21(25)28/h3-7,9-12,14,24-25,27H,8,13,15-16H2,1-2H3. The molecular weight excluding hydrogens is 390 g/mol. The number of allylic oxidation sites excluding steroid dienone is 3. The summed E-state index contributed by atoms with van der Waals surface area (Å²) in [6.45, 7) is 2.14. The molecule has 5 nitrogen and oxygen atoms in total. The van der Waals surface area contributed by atoms with Gasteiger partial charge in [-0.2, -0.15) is 0 Å². The molecule has 0 fully saturated rings. The zero-order valence-corrected chi connectivity index (χ0v) is 17.9. The number of hydrogen-bond acceptors (Lipinski definition) is 5. The average molecular weight is 418 g/mol. The summed E-state index contributed by atoms with van der Waals surface area (Å²) in [5.41, 5.74) is 4.02. The molecule has 2 unspecified atom stereocenters. The number of ketones is 1. The van der Waals surface area contributed by atoms with E-state index < -0.39 is 17.8 Å². The average Bonchev–Trinajstić information content (AvgIpc) is 2.79. The molecule has 0 radical (unpaired) electrons. The maximum absolute atomic E-state index is 13.3. The molecule has 0 amide bonds. The summed E-state index contributed by atoms with van der Waals surface area (Å²) in [6, 6.07) is 17.5. The van der Waals surface area contributed by atoms with E-state index in [1.807, 2.05) is 61.5 Å². The number of para-hydroxylation sites is 1. The molecule has 160 valence electrons. The van der Waals surface area contributed by atoms with Gasteiger partial charge >= 0.3 is 5.97 Å². The van der Waals surface area contributed by atoms with Crippen LogP contribution in [0.5, 0.6) is 5.75 Å². The number of benzene rings is 2. The van der Waals surface area contributed by atoms with E-state index in [4.69, 9.17) is 9.47 Å². The Balaban J connectivity index is 1.67. The minimum atomic E-state index is -0.444. The van der Waals surface area contributed by atoms with E-state index in [0.29, 0.717) is 30.6 Å². The molecule has 1 aliphatic heterocycles. The predicted octanol–water partition coefficient (Wildman–Crippen LogP) is 4.30. The van der Waals surface area contributed by atoms with Gasteiger partial charge in [-0.05, 0) is 25.0 Å². The Morgan fingerprint density at radius 3 is 2.58 bits per heavy atom. The Labute approximate surface area is 182 Å². The summed E-state index contributed by atoms with van der Waals surface area (Å²) in [5.74, 6) is -0.488. The fourth-order valence-corrected chi connectivity index (χ4v) is 4.53. The molecule has 0 bridgehead atoms. The van der Waals surface area contributed by atoms with Crippen LogP contribution in [0.15, 0.2) is 77.6 Å². The third-order valence-corrected chi connectivity index (χ3v) is 5.98. The Morgan fingerprint density at radius 1 is 1.06 bits per heavy atom. The van der Waals surface area contributed by atoms with Gasteiger partial charge in [-0.25, -0.2) is 4.79 Å². The van der Waals surface area contributed by atoms with Crippen molar-refractivity contribution in [1.29, 1.82) is 0 Å².